The molecule has 2 rings (SSSR count). The largest absolute Gasteiger partial charge is 0.264 e. The van der Waals surface area contributed by atoms with Gasteiger partial charge in [0.2, 0.25) is 0 Å². The third kappa shape index (κ3) is 1.38. The molecule has 0 aliphatic rings. The van der Waals surface area contributed by atoms with E-state index in [1.807, 2.05) is 12.3 Å². The molecule has 12 heavy (non-hydrogen) atoms. The van der Waals surface area contributed by atoms with Gasteiger partial charge in [-0.15, -0.1) is 11.3 Å². The zero-order chi connectivity index (χ0) is 8.39. The number of rotatable bonds is 1. The fourth-order valence-corrected chi connectivity index (χ4v) is 1.98. The smallest absolute Gasteiger partial charge is 0.0360 e. The van der Waals surface area contributed by atoms with Gasteiger partial charge in [-0.1, -0.05) is 6.07 Å². The number of aryl methyl sites for hydroxylation is 1. The van der Waals surface area contributed by atoms with Crippen molar-refractivity contribution < 1.29 is 0 Å². The second-order valence-electron chi connectivity index (χ2n) is 2.73. The Balaban J connectivity index is 2.45. The molecular weight excluding hydrogens is 166 g/mol. The Kier molecular flexibility index (Phi) is 1.92. The molecule has 0 spiro atoms. The summed E-state index contributed by atoms with van der Waals surface area (Å²) >= 11 is 1.76. The predicted molar refractivity (Wildman–Crippen MR) is 52.3 cm³/mol. The Labute approximate surface area is 75.7 Å². The van der Waals surface area contributed by atoms with Crippen molar-refractivity contribution in [2.24, 2.45) is 0 Å². The van der Waals surface area contributed by atoms with Crippen LogP contribution in [0.15, 0.2) is 36.0 Å². The molecule has 2 heterocycles. The summed E-state index contributed by atoms with van der Waals surface area (Å²) in [6, 6.07) is 6.23. The van der Waals surface area contributed by atoms with Gasteiger partial charge in [0.1, 0.15) is 0 Å². The normalized spacial score (nSPS) is 10.1. The molecule has 2 aromatic heterocycles. The van der Waals surface area contributed by atoms with Crippen molar-refractivity contribution in [2.45, 2.75) is 6.92 Å². The molecule has 0 aliphatic heterocycles. The summed E-state index contributed by atoms with van der Waals surface area (Å²) in [5, 5.41) is 2.16. The number of thiophene rings is 1. The Morgan fingerprint density at radius 3 is 2.92 bits per heavy atom. The molecule has 0 saturated carbocycles. The van der Waals surface area contributed by atoms with Crippen molar-refractivity contribution in [3.8, 4) is 10.4 Å². The Hall–Kier alpha value is -1.15. The number of nitrogens with zero attached hydrogens (tertiary/aromatic N) is 1. The van der Waals surface area contributed by atoms with Gasteiger partial charge in [0.05, 0.1) is 0 Å². The first kappa shape index (κ1) is 7.50. The zero-order valence-electron chi connectivity index (χ0n) is 6.82. The average Bonchev–Trinajstić information content (AvgIpc) is 2.54. The summed E-state index contributed by atoms with van der Waals surface area (Å²) in [6.07, 6.45) is 3.69. The molecule has 0 saturated heterocycles. The van der Waals surface area contributed by atoms with Gasteiger partial charge in [-0.05, 0) is 30.0 Å². The molecule has 2 heteroatoms. The number of aromatic nitrogens is 1. The first-order chi connectivity index (χ1) is 5.86. The van der Waals surface area contributed by atoms with E-state index < -0.39 is 0 Å². The van der Waals surface area contributed by atoms with E-state index in [1.165, 1.54) is 16.0 Å². The molecule has 0 aliphatic carbocycles. The molecule has 0 fully saturated rings. The Morgan fingerprint density at radius 2 is 2.33 bits per heavy atom. The van der Waals surface area contributed by atoms with E-state index in [9.17, 15) is 0 Å². The Bertz CT molecular complexity index is 364. The van der Waals surface area contributed by atoms with Crippen LogP contribution in [-0.2, 0) is 0 Å². The van der Waals surface area contributed by atoms with E-state index >= 15 is 0 Å². The van der Waals surface area contributed by atoms with Crippen LogP contribution in [-0.4, -0.2) is 4.98 Å². The van der Waals surface area contributed by atoms with Gasteiger partial charge in [0.15, 0.2) is 0 Å². The van der Waals surface area contributed by atoms with Crippen LogP contribution in [0.1, 0.15) is 5.56 Å². The maximum Gasteiger partial charge on any atom is 0.0360 e. The van der Waals surface area contributed by atoms with E-state index in [2.05, 4.69) is 29.4 Å². The lowest BCUT2D eigenvalue weighted by Gasteiger charge is -1.92. The number of hydrogen-bond acceptors (Lipinski definition) is 2. The maximum atomic E-state index is 4.08. The highest BCUT2D eigenvalue weighted by molar-refractivity contribution is 7.13. The fourth-order valence-electron chi connectivity index (χ4n) is 1.09. The third-order valence-electron chi connectivity index (χ3n) is 1.68. The van der Waals surface area contributed by atoms with Crippen molar-refractivity contribution in [3.05, 3.63) is 41.5 Å². The lowest BCUT2D eigenvalue weighted by atomic mass is 10.2. The summed E-state index contributed by atoms with van der Waals surface area (Å²) in [4.78, 5) is 5.37. The van der Waals surface area contributed by atoms with Crippen LogP contribution in [0.5, 0.6) is 0 Å². The van der Waals surface area contributed by atoms with Gasteiger partial charge in [-0.25, -0.2) is 0 Å². The molecule has 0 radical (unpaired) electrons. The highest BCUT2D eigenvalue weighted by Crippen LogP contribution is 2.25. The van der Waals surface area contributed by atoms with E-state index in [1.54, 1.807) is 17.5 Å². The van der Waals surface area contributed by atoms with Gasteiger partial charge in [0, 0.05) is 22.8 Å². The SMILES string of the molecule is Cc1csc(-c2cccnc2)c1. The highest BCUT2D eigenvalue weighted by Gasteiger charge is 1.98. The quantitative estimate of drug-likeness (QED) is 0.649. The van der Waals surface area contributed by atoms with Crippen LogP contribution in [0, 0.1) is 6.92 Å². The molecule has 1 nitrogen and oxygen atoms in total. The number of hydrogen-bond donors (Lipinski definition) is 0. The maximum absolute atomic E-state index is 4.08. The average molecular weight is 175 g/mol. The van der Waals surface area contributed by atoms with Crippen molar-refractivity contribution in [1.82, 2.24) is 4.98 Å². The second-order valence-corrected chi connectivity index (χ2v) is 3.64. The third-order valence-corrected chi connectivity index (χ3v) is 2.77. The minimum atomic E-state index is 1.20. The summed E-state index contributed by atoms with van der Waals surface area (Å²) in [5.74, 6) is 0. The van der Waals surface area contributed by atoms with Crippen LogP contribution in [0.4, 0.5) is 0 Å². The summed E-state index contributed by atoms with van der Waals surface area (Å²) < 4.78 is 0. The first-order valence-electron chi connectivity index (χ1n) is 3.82. The van der Waals surface area contributed by atoms with E-state index in [0.29, 0.717) is 0 Å². The van der Waals surface area contributed by atoms with Crippen molar-refractivity contribution in [1.29, 1.82) is 0 Å². The molecule has 0 atom stereocenters. The number of pyridine rings is 1. The molecular formula is C10H9NS. The molecule has 2 aromatic rings. The van der Waals surface area contributed by atoms with E-state index in [4.69, 9.17) is 0 Å². The topological polar surface area (TPSA) is 12.9 Å². The van der Waals surface area contributed by atoms with Crippen LogP contribution in [0.2, 0.25) is 0 Å². The standard InChI is InChI=1S/C10H9NS/c1-8-5-10(12-7-8)9-3-2-4-11-6-9/h2-7H,1H3. The molecule has 60 valence electrons. The Morgan fingerprint density at radius 1 is 1.42 bits per heavy atom. The lowest BCUT2D eigenvalue weighted by molar-refractivity contribution is 1.33. The zero-order valence-corrected chi connectivity index (χ0v) is 7.64. The highest BCUT2D eigenvalue weighted by atomic mass is 32.1. The molecule has 0 bridgehead atoms. The van der Waals surface area contributed by atoms with Crippen LogP contribution in [0.25, 0.3) is 10.4 Å². The molecule has 0 amide bonds. The van der Waals surface area contributed by atoms with Gasteiger partial charge in [0.25, 0.3) is 0 Å². The minimum Gasteiger partial charge on any atom is -0.264 e. The minimum absolute atomic E-state index is 1.20. The molecule has 0 unspecified atom stereocenters. The second kappa shape index (κ2) is 3.07. The van der Waals surface area contributed by atoms with Crippen LogP contribution < -0.4 is 0 Å². The van der Waals surface area contributed by atoms with Crippen molar-refractivity contribution in [3.63, 3.8) is 0 Å². The predicted octanol–water partition coefficient (Wildman–Crippen LogP) is 3.12. The summed E-state index contributed by atoms with van der Waals surface area (Å²) in [6.45, 7) is 2.11. The van der Waals surface area contributed by atoms with Crippen molar-refractivity contribution in [2.75, 3.05) is 0 Å². The van der Waals surface area contributed by atoms with Gasteiger partial charge >= 0.3 is 0 Å². The van der Waals surface area contributed by atoms with E-state index in [0.717, 1.165) is 0 Å². The molecule has 0 aromatic carbocycles. The van der Waals surface area contributed by atoms with Crippen molar-refractivity contribution >= 4 is 11.3 Å². The fraction of sp³-hybridized carbons (Fsp3) is 0.100. The van der Waals surface area contributed by atoms with Crippen LogP contribution in [0.3, 0.4) is 0 Å². The van der Waals surface area contributed by atoms with E-state index in [-0.39, 0.29) is 0 Å². The lowest BCUT2D eigenvalue weighted by Crippen LogP contribution is -1.72. The summed E-state index contributed by atoms with van der Waals surface area (Å²) in [7, 11) is 0. The molecule has 0 N–H and O–H groups in total. The summed E-state index contributed by atoms with van der Waals surface area (Å²) in [5.41, 5.74) is 2.52. The van der Waals surface area contributed by atoms with Gasteiger partial charge in [-0.2, -0.15) is 0 Å². The van der Waals surface area contributed by atoms with Gasteiger partial charge in [-0.3, -0.25) is 4.98 Å². The van der Waals surface area contributed by atoms with Crippen LogP contribution >= 0.6 is 11.3 Å². The first-order valence-corrected chi connectivity index (χ1v) is 4.70. The van der Waals surface area contributed by atoms with Gasteiger partial charge < -0.3 is 0 Å². The monoisotopic (exact) mass is 175 g/mol.